The average Bonchev–Trinajstić information content (AvgIpc) is 2.57. The highest BCUT2D eigenvalue weighted by Crippen LogP contribution is 2.32. The lowest BCUT2D eigenvalue weighted by atomic mass is 10.1. The molecule has 0 spiro atoms. The van der Waals surface area contributed by atoms with Gasteiger partial charge in [0.25, 0.3) is 5.69 Å². The van der Waals surface area contributed by atoms with Crippen LogP contribution in [0.4, 0.5) is 5.69 Å². The summed E-state index contributed by atoms with van der Waals surface area (Å²) in [5, 5.41) is 29.8. The fourth-order valence-electron chi connectivity index (χ4n) is 2.27. The molecule has 8 heteroatoms. The molecule has 0 amide bonds. The number of aromatic hydroxyl groups is 1. The number of non-ortho nitro benzene ring substituents is 1. The number of hydrogen-bond donors (Lipinski definition) is 2. The van der Waals surface area contributed by atoms with E-state index < -0.39 is 22.1 Å². The summed E-state index contributed by atoms with van der Waals surface area (Å²) in [5.41, 5.74) is -0.957. The largest absolute Gasteiger partial charge is 0.502 e. The van der Waals surface area contributed by atoms with E-state index in [1.165, 1.54) is 30.3 Å². The first kappa shape index (κ1) is 15.2. The second-order valence-corrected chi connectivity index (χ2v) is 4.93. The van der Waals surface area contributed by atoms with E-state index in [0.29, 0.717) is 0 Å². The van der Waals surface area contributed by atoms with Gasteiger partial charge in [0.05, 0.1) is 15.9 Å². The Hall–Kier alpha value is -3.68. The van der Waals surface area contributed by atoms with Crippen molar-refractivity contribution in [1.29, 1.82) is 0 Å². The Morgan fingerprint density at radius 3 is 2.58 bits per heavy atom. The molecule has 0 saturated carbocycles. The van der Waals surface area contributed by atoms with Gasteiger partial charge in [0, 0.05) is 17.7 Å². The molecule has 0 atom stereocenters. The van der Waals surface area contributed by atoms with E-state index in [-0.39, 0.29) is 33.5 Å². The zero-order valence-corrected chi connectivity index (χ0v) is 11.9. The topological polar surface area (TPSA) is 131 Å². The van der Waals surface area contributed by atoms with Gasteiger partial charge in [0.2, 0.25) is 11.2 Å². The fourth-order valence-corrected chi connectivity index (χ4v) is 2.27. The lowest BCUT2D eigenvalue weighted by Crippen LogP contribution is -2.05. The zero-order valence-electron chi connectivity index (χ0n) is 11.9. The summed E-state index contributed by atoms with van der Waals surface area (Å²) in [6, 6.07) is 8.91. The van der Waals surface area contributed by atoms with Crippen LogP contribution in [0.3, 0.4) is 0 Å². The highest BCUT2D eigenvalue weighted by atomic mass is 16.6. The molecule has 1 aromatic heterocycles. The molecule has 3 aromatic rings. The molecule has 3 rings (SSSR count). The van der Waals surface area contributed by atoms with Crippen LogP contribution in [-0.2, 0) is 0 Å². The molecule has 0 radical (unpaired) electrons. The monoisotopic (exact) mass is 327 g/mol. The maximum absolute atomic E-state index is 12.3. The minimum atomic E-state index is -1.22. The van der Waals surface area contributed by atoms with Crippen molar-refractivity contribution in [2.45, 2.75) is 0 Å². The molecular formula is C16H9NO7. The zero-order chi connectivity index (χ0) is 17.4. The number of fused-ring (bicyclic) bond motifs is 1. The number of carbonyl (C=O) groups is 1. The van der Waals surface area contributed by atoms with Gasteiger partial charge in [-0.25, -0.2) is 4.79 Å². The SMILES string of the molecule is O=C(O)c1ccc2oc(-c3cccc([N+](=O)[O-])c3)c(O)c(=O)c2c1. The molecule has 2 N–H and O–H groups in total. The highest BCUT2D eigenvalue weighted by molar-refractivity contribution is 5.93. The highest BCUT2D eigenvalue weighted by Gasteiger charge is 2.18. The van der Waals surface area contributed by atoms with Crippen LogP contribution in [0.5, 0.6) is 5.75 Å². The van der Waals surface area contributed by atoms with Crippen LogP contribution in [0.25, 0.3) is 22.3 Å². The second kappa shape index (κ2) is 5.51. The van der Waals surface area contributed by atoms with E-state index in [2.05, 4.69) is 0 Å². The standard InChI is InChI=1S/C16H9NO7/c18-13-11-7-9(16(20)21)4-5-12(11)24-15(14(13)19)8-2-1-3-10(6-8)17(22)23/h1-7,19H,(H,20,21). The van der Waals surface area contributed by atoms with Crippen LogP contribution in [0.2, 0.25) is 0 Å². The lowest BCUT2D eigenvalue weighted by Gasteiger charge is -2.06. The Morgan fingerprint density at radius 2 is 1.92 bits per heavy atom. The maximum atomic E-state index is 12.3. The first-order valence-electron chi connectivity index (χ1n) is 6.66. The predicted octanol–water partition coefficient (Wildman–Crippen LogP) is 2.77. The van der Waals surface area contributed by atoms with Crippen molar-refractivity contribution < 1.29 is 24.3 Å². The first-order valence-corrected chi connectivity index (χ1v) is 6.66. The molecule has 24 heavy (non-hydrogen) atoms. The maximum Gasteiger partial charge on any atom is 0.335 e. The van der Waals surface area contributed by atoms with Gasteiger partial charge in [-0.05, 0) is 18.2 Å². The van der Waals surface area contributed by atoms with Gasteiger partial charge in [-0.3, -0.25) is 14.9 Å². The molecule has 8 nitrogen and oxygen atoms in total. The Morgan fingerprint density at radius 1 is 1.17 bits per heavy atom. The number of nitrogens with zero attached hydrogens (tertiary/aromatic N) is 1. The van der Waals surface area contributed by atoms with Gasteiger partial charge in [0.15, 0.2) is 5.76 Å². The normalized spacial score (nSPS) is 10.7. The van der Waals surface area contributed by atoms with Gasteiger partial charge in [-0.15, -0.1) is 0 Å². The van der Waals surface area contributed by atoms with Gasteiger partial charge >= 0.3 is 5.97 Å². The van der Waals surface area contributed by atoms with Crippen LogP contribution >= 0.6 is 0 Å². The van der Waals surface area contributed by atoms with Gasteiger partial charge in [0.1, 0.15) is 5.58 Å². The number of carboxylic acid groups (broad SMARTS) is 1. The summed E-state index contributed by atoms with van der Waals surface area (Å²) in [7, 11) is 0. The molecule has 0 aliphatic heterocycles. The molecule has 0 saturated heterocycles. The summed E-state index contributed by atoms with van der Waals surface area (Å²) in [6.45, 7) is 0. The van der Waals surface area contributed by atoms with Crippen molar-refractivity contribution >= 4 is 22.6 Å². The van der Waals surface area contributed by atoms with Crippen LogP contribution < -0.4 is 5.43 Å². The van der Waals surface area contributed by atoms with Crippen LogP contribution in [0.15, 0.2) is 51.7 Å². The number of benzene rings is 2. The third-order valence-electron chi connectivity index (χ3n) is 3.43. The van der Waals surface area contributed by atoms with Crippen molar-refractivity contribution in [3.05, 3.63) is 68.4 Å². The minimum Gasteiger partial charge on any atom is -0.502 e. The summed E-state index contributed by atoms with van der Waals surface area (Å²) in [6.07, 6.45) is 0. The Labute approximate surface area is 133 Å². The summed E-state index contributed by atoms with van der Waals surface area (Å²) in [4.78, 5) is 33.5. The molecule has 120 valence electrons. The lowest BCUT2D eigenvalue weighted by molar-refractivity contribution is -0.384. The second-order valence-electron chi connectivity index (χ2n) is 4.93. The van der Waals surface area contributed by atoms with E-state index in [1.807, 2.05) is 0 Å². The minimum absolute atomic E-state index is 0.0595. The number of nitro benzene ring substituents is 1. The van der Waals surface area contributed by atoms with Crippen LogP contribution in [0.1, 0.15) is 10.4 Å². The number of hydrogen-bond acceptors (Lipinski definition) is 6. The van der Waals surface area contributed by atoms with E-state index in [9.17, 15) is 24.8 Å². The Kier molecular flexibility index (Phi) is 3.49. The fraction of sp³-hybridized carbons (Fsp3) is 0. The molecule has 0 bridgehead atoms. The van der Waals surface area contributed by atoms with Crippen molar-refractivity contribution in [2.24, 2.45) is 0 Å². The molecule has 0 fully saturated rings. The molecule has 1 heterocycles. The van der Waals surface area contributed by atoms with E-state index in [0.717, 1.165) is 12.1 Å². The van der Waals surface area contributed by atoms with Crippen molar-refractivity contribution in [3.8, 4) is 17.1 Å². The average molecular weight is 327 g/mol. The van der Waals surface area contributed by atoms with Crippen molar-refractivity contribution in [1.82, 2.24) is 0 Å². The number of nitro groups is 1. The molecule has 2 aromatic carbocycles. The first-order chi connectivity index (χ1) is 11.4. The number of rotatable bonds is 3. The Bertz CT molecular complexity index is 1050. The molecule has 0 aliphatic carbocycles. The van der Waals surface area contributed by atoms with Crippen LogP contribution in [-0.4, -0.2) is 21.1 Å². The van der Waals surface area contributed by atoms with E-state index in [1.54, 1.807) is 0 Å². The van der Waals surface area contributed by atoms with Crippen molar-refractivity contribution in [2.75, 3.05) is 0 Å². The number of carboxylic acids is 1. The van der Waals surface area contributed by atoms with Crippen LogP contribution in [0, 0.1) is 10.1 Å². The van der Waals surface area contributed by atoms with E-state index in [4.69, 9.17) is 9.52 Å². The molecular weight excluding hydrogens is 318 g/mol. The molecule has 0 unspecified atom stereocenters. The Balaban J connectivity index is 2.27. The number of aromatic carboxylic acids is 1. The van der Waals surface area contributed by atoms with Gasteiger partial charge in [-0.2, -0.15) is 0 Å². The quantitative estimate of drug-likeness (QED) is 0.558. The third kappa shape index (κ3) is 2.45. The van der Waals surface area contributed by atoms with Crippen molar-refractivity contribution in [3.63, 3.8) is 0 Å². The summed E-state index contributed by atoms with van der Waals surface area (Å²) >= 11 is 0. The van der Waals surface area contributed by atoms with E-state index >= 15 is 0 Å². The van der Waals surface area contributed by atoms with Gasteiger partial charge < -0.3 is 14.6 Å². The smallest absolute Gasteiger partial charge is 0.335 e. The van der Waals surface area contributed by atoms with Gasteiger partial charge in [-0.1, -0.05) is 12.1 Å². The third-order valence-corrected chi connectivity index (χ3v) is 3.43. The summed E-state index contributed by atoms with van der Waals surface area (Å²) < 4.78 is 5.46. The molecule has 0 aliphatic rings. The predicted molar refractivity (Wildman–Crippen MR) is 83.2 cm³/mol. The summed E-state index contributed by atoms with van der Waals surface area (Å²) in [5.74, 6) is -2.19.